The lowest BCUT2D eigenvalue weighted by Gasteiger charge is -2.30. The number of carbonyl (C=O) groups excluding carboxylic acids is 1. The summed E-state index contributed by atoms with van der Waals surface area (Å²) in [5, 5.41) is -0.812. The van der Waals surface area contributed by atoms with E-state index < -0.39 is 17.1 Å². The summed E-state index contributed by atoms with van der Waals surface area (Å²) in [5.74, 6) is -0.189. The first-order valence-electron chi connectivity index (χ1n) is 7.93. The zero-order chi connectivity index (χ0) is 18.6. The monoisotopic (exact) mass is 383 g/mol. The van der Waals surface area contributed by atoms with Crippen molar-refractivity contribution in [2.24, 2.45) is 0 Å². The molecular weight excluding hydrogens is 367 g/mol. The van der Waals surface area contributed by atoms with Crippen molar-refractivity contribution < 1.29 is 22.7 Å². The van der Waals surface area contributed by atoms with Crippen LogP contribution in [0.3, 0.4) is 0 Å². The number of alkyl halides is 3. The summed E-state index contributed by atoms with van der Waals surface area (Å²) in [6, 6.07) is 9.72. The van der Waals surface area contributed by atoms with Crippen molar-refractivity contribution >= 4 is 17.7 Å². The highest BCUT2D eigenvalue weighted by molar-refractivity contribution is 8.00. The maximum absolute atomic E-state index is 13.0. The van der Waals surface area contributed by atoms with Crippen LogP contribution in [0.5, 0.6) is 0 Å². The second kappa shape index (κ2) is 8.05. The zero-order valence-corrected chi connectivity index (χ0v) is 14.5. The largest absolute Gasteiger partial charge is 0.433 e. The van der Waals surface area contributed by atoms with Crippen molar-refractivity contribution in [2.45, 2.75) is 16.6 Å². The fourth-order valence-corrected chi connectivity index (χ4v) is 3.53. The van der Waals surface area contributed by atoms with Gasteiger partial charge in [-0.15, -0.1) is 0 Å². The lowest BCUT2D eigenvalue weighted by Crippen LogP contribution is -2.42. The van der Waals surface area contributed by atoms with Crippen molar-refractivity contribution in [3.8, 4) is 0 Å². The van der Waals surface area contributed by atoms with Crippen LogP contribution < -0.4 is 0 Å². The molecule has 1 aromatic carbocycles. The average Bonchev–Trinajstić information content (AvgIpc) is 2.66. The van der Waals surface area contributed by atoms with Crippen LogP contribution >= 0.6 is 11.8 Å². The van der Waals surface area contributed by atoms with Crippen LogP contribution in [0.2, 0.25) is 0 Å². The van der Waals surface area contributed by atoms with Gasteiger partial charge in [0.2, 0.25) is 5.91 Å². The van der Waals surface area contributed by atoms with E-state index in [1.165, 1.54) is 0 Å². The van der Waals surface area contributed by atoms with Gasteiger partial charge < -0.3 is 9.64 Å². The molecule has 1 fully saturated rings. The quantitative estimate of drug-likeness (QED) is 0.600. The molecule has 138 valence electrons. The molecule has 1 saturated heterocycles. The van der Waals surface area contributed by atoms with Gasteiger partial charge in [-0.25, -0.2) is 9.97 Å². The van der Waals surface area contributed by atoms with Crippen LogP contribution in [0.15, 0.2) is 47.8 Å². The van der Waals surface area contributed by atoms with Gasteiger partial charge in [0, 0.05) is 19.3 Å². The average molecular weight is 383 g/mol. The molecule has 0 radical (unpaired) electrons. The van der Waals surface area contributed by atoms with E-state index in [9.17, 15) is 18.0 Å². The minimum absolute atomic E-state index is 0.0877. The third-order valence-electron chi connectivity index (χ3n) is 3.80. The van der Waals surface area contributed by atoms with E-state index in [1.54, 1.807) is 29.2 Å². The first-order chi connectivity index (χ1) is 12.4. The topological polar surface area (TPSA) is 55.3 Å². The standard InChI is InChI=1S/C17H16F3N3O2S/c18-17(19,20)13-6-7-21-16(22-13)26-14(12-4-2-1-3-5-12)15(24)23-8-10-25-11-9-23/h1-7,14H,8-11H2/t14-/m1/s1. The fraction of sp³-hybridized carbons (Fsp3) is 0.353. The van der Waals surface area contributed by atoms with E-state index >= 15 is 0 Å². The van der Waals surface area contributed by atoms with Crippen LogP contribution in [0, 0.1) is 0 Å². The number of morpholine rings is 1. The molecule has 1 aliphatic rings. The maximum Gasteiger partial charge on any atom is 0.433 e. The summed E-state index contributed by atoms with van der Waals surface area (Å²) in [6.45, 7) is 1.79. The number of aromatic nitrogens is 2. The molecule has 0 unspecified atom stereocenters. The Kier molecular flexibility index (Phi) is 5.77. The van der Waals surface area contributed by atoms with Crippen molar-refractivity contribution in [3.05, 3.63) is 53.9 Å². The summed E-state index contributed by atoms with van der Waals surface area (Å²) >= 11 is 0.920. The Morgan fingerprint density at radius 1 is 1.15 bits per heavy atom. The molecule has 1 atom stereocenters. The Morgan fingerprint density at radius 2 is 1.85 bits per heavy atom. The summed E-state index contributed by atoms with van der Waals surface area (Å²) in [6.07, 6.45) is -3.51. The molecule has 3 rings (SSSR count). The molecule has 0 bridgehead atoms. The minimum Gasteiger partial charge on any atom is -0.378 e. The fourth-order valence-electron chi connectivity index (χ4n) is 2.50. The number of nitrogens with zero attached hydrogens (tertiary/aromatic N) is 3. The van der Waals surface area contributed by atoms with Crippen LogP contribution in [-0.2, 0) is 15.7 Å². The van der Waals surface area contributed by atoms with Gasteiger partial charge in [-0.3, -0.25) is 4.79 Å². The molecule has 0 aliphatic carbocycles. The summed E-state index contributed by atoms with van der Waals surface area (Å²) in [7, 11) is 0. The van der Waals surface area contributed by atoms with Gasteiger partial charge in [-0.05, 0) is 11.6 Å². The van der Waals surface area contributed by atoms with E-state index in [0.717, 1.165) is 24.0 Å². The molecule has 9 heteroatoms. The molecule has 5 nitrogen and oxygen atoms in total. The highest BCUT2D eigenvalue weighted by Crippen LogP contribution is 2.36. The Labute approximate surface area is 152 Å². The van der Waals surface area contributed by atoms with Gasteiger partial charge in [0.15, 0.2) is 5.16 Å². The second-order valence-electron chi connectivity index (χ2n) is 5.57. The van der Waals surface area contributed by atoms with E-state index in [0.29, 0.717) is 31.9 Å². The Hall–Kier alpha value is -2.13. The van der Waals surface area contributed by atoms with Crippen molar-refractivity contribution in [1.82, 2.24) is 14.9 Å². The van der Waals surface area contributed by atoms with E-state index in [1.807, 2.05) is 6.07 Å². The van der Waals surface area contributed by atoms with Gasteiger partial charge in [0.25, 0.3) is 0 Å². The van der Waals surface area contributed by atoms with Crippen molar-refractivity contribution in [1.29, 1.82) is 0 Å². The molecule has 0 N–H and O–H groups in total. The molecule has 1 aliphatic heterocycles. The van der Waals surface area contributed by atoms with Gasteiger partial charge in [-0.1, -0.05) is 42.1 Å². The number of ether oxygens (including phenoxy) is 1. The number of hydrogen-bond acceptors (Lipinski definition) is 5. The lowest BCUT2D eigenvalue weighted by molar-refractivity contribution is -0.141. The predicted molar refractivity (Wildman–Crippen MR) is 89.5 cm³/mol. The molecule has 2 aromatic rings. The van der Waals surface area contributed by atoms with Gasteiger partial charge in [-0.2, -0.15) is 13.2 Å². The number of thioether (sulfide) groups is 1. The summed E-state index contributed by atoms with van der Waals surface area (Å²) in [5.41, 5.74) is -0.337. The molecule has 0 spiro atoms. The zero-order valence-electron chi connectivity index (χ0n) is 13.6. The Morgan fingerprint density at radius 3 is 2.50 bits per heavy atom. The first kappa shape index (κ1) is 18.7. The van der Waals surface area contributed by atoms with E-state index in [-0.39, 0.29) is 11.1 Å². The second-order valence-corrected chi connectivity index (χ2v) is 6.64. The number of rotatable bonds is 4. The molecule has 1 aromatic heterocycles. The van der Waals surface area contributed by atoms with Crippen LogP contribution in [-0.4, -0.2) is 47.1 Å². The maximum atomic E-state index is 13.0. The molecular formula is C17H16F3N3O2S. The number of carbonyl (C=O) groups is 1. The third kappa shape index (κ3) is 4.53. The normalized spacial score (nSPS) is 16.3. The Balaban J connectivity index is 1.88. The number of benzene rings is 1. The van der Waals surface area contributed by atoms with Crippen LogP contribution in [0.4, 0.5) is 13.2 Å². The lowest BCUT2D eigenvalue weighted by atomic mass is 10.1. The van der Waals surface area contributed by atoms with Gasteiger partial charge in [0.05, 0.1) is 13.2 Å². The van der Waals surface area contributed by atoms with Crippen LogP contribution in [0.25, 0.3) is 0 Å². The molecule has 0 saturated carbocycles. The first-order valence-corrected chi connectivity index (χ1v) is 8.81. The molecule has 26 heavy (non-hydrogen) atoms. The predicted octanol–water partition coefficient (Wildman–Crippen LogP) is 3.19. The number of hydrogen-bond donors (Lipinski definition) is 0. The Bertz CT molecular complexity index is 752. The minimum atomic E-state index is -4.56. The third-order valence-corrected chi connectivity index (χ3v) is 4.91. The number of amides is 1. The smallest absolute Gasteiger partial charge is 0.378 e. The SMILES string of the molecule is O=C([C@H](Sc1nccc(C(F)(F)F)n1)c1ccccc1)N1CCOCC1. The summed E-state index contributed by atoms with van der Waals surface area (Å²) in [4.78, 5) is 22.1. The van der Waals surface area contributed by atoms with E-state index in [4.69, 9.17) is 4.74 Å². The van der Waals surface area contributed by atoms with Crippen molar-refractivity contribution in [3.63, 3.8) is 0 Å². The van der Waals surface area contributed by atoms with Crippen molar-refractivity contribution in [2.75, 3.05) is 26.3 Å². The summed E-state index contributed by atoms with van der Waals surface area (Å²) < 4.78 is 43.9. The van der Waals surface area contributed by atoms with Crippen LogP contribution in [0.1, 0.15) is 16.5 Å². The molecule has 2 heterocycles. The highest BCUT2D eigenvalue weighted by Gasteiger charge is 2.34. The highest BCUT2D eigenvalue weighted by atomic mass is 32.2. The van der Waals surface area contributed by atoms with E-state index in [2.05, 4.69) is 9.97 Å². The molecule has 1 amide bonds. The van der Waals surface area contributed by atoms with Gasteiger partial charge in [0.1, 0.15) is 10.9 Å². The number of halogens is 3. The van der Waals surface area contributed by atoms with Gasteiger partial charge >= 0.3 is 6.18 Å².